The van der Waals surface area contributed by atoms with Crippen LogP contribution in [0.5, 0.6) is 0 Å². The van der Waals surface area contributed by atoms with Crippen LogP contribution in [0.15, 0.2) is 24.3 Å². The summed E-state index contributed by atoms with van der Waals surface area (Å²) >= 11 is 0. The molecule has 21 heavy (non-hydrogen) atoms. The molecule has 0 aliphatic carbocycles. The summed E-state index contributed by atoms with van der Waals surface area (Å²) in [6, 6.07) is 8.11. The van der Waals surface area contributed by atoms with E-state index in [1.54, 1.807) is 0 Å². The van der Waals surface area contributed by atoms with Gasteiger partial charge in [-0.1, -0.05) is 25.1 Å². The zero-order valence-electron chi connectivity index (χ0n) is 12.5. The quantitative estimate of drug-likeness (QED) is 0.896. The molecule has 0 spiro atoms. The first-order valence-electron chi connectivity index (χ1n) is 7.71. The molecule has 1 saturated heterocycles. The number of amides is 1. The summed E-state index contributed by atoms with van der Waals surface area (Å²) in [4.78, 5) is 16.7. The number of ether oxygens (including phenoxy) is 1. The number of carbonyl (C=O) groups excluding carboxylic acids is 1. The van der Waals surface area contributed by atoms with Crippen LogP contribution in [0.25, 0.3) is 0 Å². The van der Waals surface area contributed by atoms with Gasteiger partial charge in [-0.2, -0.15) is 0 Å². The number of morpholine rings is 1. The molecule has 1 fully saturated rings. The number of benzene rings is 1. The fourth-order valence-electron chi connectivity index (χ4n) is 3.04. The molecular formula is C16H23N3O2. The second-order valence-electron chi connectivity index (χ2n) is 5.62. The molecule has 0 radical (unpaired) electrons. The van der Waals surface area contributed by atoms with Crippen LogP contribution in [-0.4, -0.2) is 56.2 Å². The van der Waals surface area contributed by atoms with Crippen molar-refractivity contribution in [3.8, 4) is 0 Å². The Morgan fingerprint density at radius 2 is 2.19 bits per heavy atom. The molecule has 1 amide bonds. The third-order valence-electron chi connectivity index (χ3n) is 4.23. The van der Waals surface area contributed by atoms with Crippen LogP contribution in [-0.2, 0) is 16.1 Å². The number of hydrogen-bond acceptors (Lipinski definition) is 4. The lowest BCUT2D eigenvalue weighted by Gasteiger charge is -2.35. The molecule has 3 rings (SSSR count). The van der Waals surface area contributed by atoms with Gasteiger partial charge in [-0.25, -0.2) is 0 Å². The summed E-state index contributed by atoms with van der Waals surface area (Å²) in [5.41, 5.74) is 2.19. The van der Waals surface area contributed by atoms with Crippen molar-refractivity contribution in [1.29, 1.82) is 0 Å². The van der Waals surface area contributed by atoms with Crippen molar-refractivity contribution in [2.24, 2.45) is 0 Å². The predicted octanol–water partition coefficient (Wildman–Crippen LogP) is 0.844. The number of likely N-dealkylation sites (N-methyl/N-ethyl adjacent to an activating group) is 1. The molecular weight excluding hydrogens is 266 g/mol. The van der Waals surface area contributed by atoms with Gasteiger partial charge in [0, 0.05) is 25.3 Å². The number of rotatable bonds is 3. The lowest BCUT2D eigenvalue weighted by atomic mass is 10.1. The monoisotopic (exact) mass is 289 g/mol. The fourth-order valence-corrected chi connectivity index (χ4v) is 3.04. The van der Waals surface area contributed by atoms with Gasteiger partial charge in [-0.05, 0) is 18.2 Å². The number of fused-ring (bicyclic) bond motifs is 1. The Morgan fingerprint density at radius 3 is 3.05 bits per heavy atom. The van der Waals surface area contributed by atoms with Crippen LogP contribution in [0.1, 0.15) is 12.5 Å². The van der Waals surface area contributed by atoms with E-state index in [1.165, 1.54) is 5.56 Å². The van der Waals surface area contributed by atoms with E-state index in [1.807, 2.05) is 23.1 Å². The summed E-state index contributed by atoms with van der Waals surface area (Å²) in [6.07, 6.45) is 0.0915. The number of hydrogen-bond donors (Lipinski definition) is 1. The average Bonchev–Trinajstić information content (AvgIpc) is 2.68. The van der Waals surface area contributed by atoms with Crippen molar-refractivity contribution in [2.45, 2.75) is 19.6 Å². The van der Waals surface area contributed by atoms with Gasteiger partial charge in [-0.15, -0.1) is 0 Å². The summed E-state index contributed by atoms with van der Waals surface area (Å²) in [5.74, 6) is 0.122. The Bertz CT molecular complexity index is 506. The highest BCUT2D eigenvalue weighted by atomic mass is 16.5. The number of anilines is 1. The Morgan fingerprint density at radius 1 is 1.33 bits per heavy atom. The molecule has 1 unspecified atom stereocenters. The third-order valence-corrected chi connectivity index (χ3v) is 4.23. The van der Waals surface area contributed by atoms with Crippen LogP contribution in [0.3, 0.4) is 0 Å². The maximum Gasteiger partial charge on any atom is 0.241 e. The Hall–Kier alpha value is -1.43. The summed E-state index contributed by atoms with van der Waals surface area (Å²) in [6.45, 7) is 7.60. The van der Waals surface area contributed by atoms with Gasteiger partial charge in [0.15, 0.2) is 0 Å². The van der Waals surface area contributed by atoms with E-state index >= 15 is 0 Å². The van der Waals surface area contributed by atoms with E-state index in [0.717, 1.165) is 38.5 Å². The van der Waals surface area contributed by atoms with E-state index < -0.39 is 0 Å². The molecule has 1 atom stereocenters. The second kappa shape index (κ2) is 6.56. The molecule has 0 saturated carbocycles. The standard InChI is InChI=1S/C16H23N3O2/c1-2-18-7-8-21-14(11-18)12-19-15-6-4-3-5-13(15)9-17-10-16(19)20/h3-6,14,17H,2,7-12H2,1H3. The molecule has 2 aliphatic rings. The highest BCUT2D eigenvalue weighted by molar-refractivity contribution is 5.96. The van der Waals surface area contributed by atoms with Crippen molar-refractivity contribution in [3.05, 3.63) is 29.8 Å². The lowest BCUT2D eigenvalue weighted by Crippen LogP contribution is -2.49. The average molecular weight is 289 g/mol. The van der Waals surface area contributed by atoms with Crippen molar-refractivity contribution in [2.75, 3.05) is 44.2 Å². The second-order valence-corrected chi connectivity index (χ2v) is 5.62. The van der Waals surface area contributed by atoms with Crippen LogP contribution in [0, 0.1) is 0 Å². The fraction of sp³-hybridized carbons (Fsp3) is 0.562. The SMILES string of the molecule is CCN1CCOC(CN2C(=O)CNCc3ccccc32)C1. The van der Waals surface area contributed by atoms with Gasteiger partial charge in [0.25, 0.3) is 0 Å². The minimum atomic E-state index is 0.0915. The van der Waals surface area contributed by atoms with Gasteiger partial charge in [0.05, 0.1) is 25.8 Å². The zero-order valence-corrected chi connectivity index (χ0v) is 12.5. The van der Waals surface area contributed by atoms with Crippen LogP contribution in [0.2, 0.25) is 0 Å². The van der Waals surface area contributed by atoms with E-state index in [9.17, 15) is 4.79 Å². The largest absolute Gasteiger partial charge is 0.374 e. The first-order valence-corrected chi connectivity index (χ1v) is 7.71. The molecule has 5 heteroatoms. The summed E-state index contributed by atoms with van der Waals surface area (Å²) in [7, 11) is 0. The van der Waals surface area contributed by atoms with Crippen LogP contribution in [0.4, 0.5) is 5.69 Å². The van der Waals surface area contributed by atoms with E-state index in [-0.39, 0.29) is 12.0 Å². The molecule has 1 N–H and O–H groups in total. The molecule has 2 aliphatic heterocycles. The minimum absolute atomic E-state index is 0.0915. The highest BCUT2D eigenvalue weighted by Gasteiger charge is 2.27. The Labute approximate surface area is 125 Å². The molecule has 5 nitrogen and oxygen atoms in total. The summed E-state index contributed by atoms with van der Waals surface area (Å²) < 4.78 is 5.86. The van der Waals surface area contributed by atoms with Crippen LogP contribution < -0.4 is 10.2 Å². The molecule has 2 heterocycles. The topological polar surface area (TPSA) is 44.8 Å². The number of carbonyl (C=O) groups is 1. The van der Waals surface area contributed by atoms with Crippen molar-refractivity contribution < 1.29 is 9.53 Å². The van der Waals surface area contributed by atoms with Crippen molar-refractivity contribution >= 4 is 11.6 Å². The molecule has 0 bridgehead atoms. The van der Waals surface area contributed by atoms with E-state index in [4.69, 9.17) is 4.74 Å². The number of nitrogens with zero attached hydrogens (tertiary/aromatic N) is 2. The molecule has 0 aromatic heterocycles. The van der Waals surface area contributed by atoms with Gasteiger partial charge >= 0.3 is 0 Å². The number of nitrogens with one attached hydrogen (secondary N) is 1. The lowest BCUT2D eigenvalue weighted by molar-refractivity contribution is -0.118. The molecule has 1 aromatic carbocycles. The van der Waals surface area contributed by atoms with Crippen molar-refractivity contribution in [3.63, 3.8) is 0 Å². The minimum Gasteiger partial charge on any atom is -0.374 e. The maximum atomic E-state index is 12.4. The van der Waals surface area contributed by atoms with Gasteiger partial charge in [0.2, 0.25) is 5.91 Å². The predicted molar refractivity (Wildman–Crippen MR) is 82.4 cm³/mol. The highest BCUT2D eigenvalue weighted by Crippen LogP contribution is 2.23. The first kappa shape index (κ1) is 14.5. The van der Waals surface area contributed by atoms with E-state index in [0.29, 0.717) is 13.1 Å². The maximum absolute atomic E-state index is 12.4. The van der Waals surface area contributed by atoms with Gasteiger partial charge in [-0.3, -0.25) is 9.69 Å². The first-order chi connectivity index (χ1) is 10.3. The Kier molecular flexibility index (Phi) is 4.53. The Balaban J connectivity index is 1.78. The van der Waals surface area contributed by atoms with Gasteiger partial charge < -0.3 is 15.0 Å². The third kappa shape index (κ3) is 3.26. The number of para-hydroxylation sites is 1. The van der Waals surface area contributed by atoms with Gasteiger partial charge in [0.1, 0.15) is 0 Å². The smallest absolute Gasteiger partial charge is 0.241 e. The summed E-state index contributed by atoms with van der Waals surface area (Å²) in [5, 5.41) is 3.20. The zero-order chi connectivity index (χ0) is 14.7. The van der Waals surface area contributed by atoms with Crippen LogP contribution >= 0.6 is 0 Å². The molecule has 1 aromatic rings. The van der Waals surface area contributed by atoms with E-state index in [2.05, 4.69) is 23.2 Å². The normalized spacial score (nSPS) is 23.8. The van der Waals surface area contributed by atoms with Crippen molar-refractivity contribution in [1.82, 2.24) is 10.2 Å². The molecule has 114 valence electrons.